The van der Waals surface area contributed by atoms with Crippen LogP contribution in [-0.4, -0.2) is 25.9 Å². The van der Waals surface area contributed by atoms with Crippen molar-refractivity contribution in [2.24, 2.45) is 0 Å². The van der Waals surface area contributed by atoms with Crippen LogP contribution in [-0.2, 0) is 9.47 Å². The summed E-state index contributed by atoms with van der Waals surface area (Å²) in [5.41, 5.74) is 0. The second-order valence-corrected chi connectivity index (χ2v) is 2.17. The van der Waals surface area contributed by atoms with Crippen molar-refractivity contribution < 1.29 is 9.47 Å². The van der Waals surface area contributed by atoms with Crippen LogP contribution in [0.2, 0.25) is 0 Å². The molecular weight excluding hydrogens is 116 g/mol. The Bertz CT molecular complexity index is 81.0. The van der Waals surface area contributed by atoms with Gasteiger partial charge in [0, 0.05) is 13.7 Å². The molecular formula is C7H13O2. The van der Waals surface area contributed by atoms with Gasteiger partial charge in [-0.1, -0.05) is 0 Å². The Morgan fingerprint density at radius 3 is 2.78 bits per heavy atom. The second-order valence-electron chi connectivity index (χ2n) is 2.17. The summed E-state index contributed by atoms with van der Waals surface area (Å²) in [5, 5.41) is 0. The highest BCUT2D eigenvalue weighted by Gasteiger charge is 2.31. The molecule has 0 aromatic heterocycles. The maximum absolute atomic E-state index is 5.33. The van der Waals surface area contributed by atoms with Crippen molar-refractivity contribution >= 4 is 0 Å². The standard InChI is InChI=1S/C7H13O2/c1-3-9-7-5-4-6(7)8-2/h4,6-7H,3,5H2,1-2H3. The molecule has 1 rings (SSSR count). The van der Waals surface area contributed by atoms with E-state index < -0.39 is 0 Å². The molecule has 2 atom stereocenters. The van der Waals surface area contributed by atoms with Gasteiger partial charge < -0.3 is 9.47 Å². The van der Waals surface area contributed by atoms with E-state index in [2.05, 4.69) is 6.42 Å². The molecule has 0 aromatic rings. The second kappa shape index (κ2) is 3.18. The fraction of sp³-hybridized carbons (Fsp3) is 0.857. The highest BCUT2D eigenvalue weighted by molar-refractivity contribution is 4.98. The summed E-state index contributed by atoms with van der Waals surface area (Å²) in [4.78, 5) is 0. The third-order valence-corrected chi connectivity index (χ3v) is 1.62. The first kappa shape index (κ1) is 7.03. The van der Waals surface area contributed by atoms with E-state index in [4.69, 9.17) is 9.47 Å². The monoisotopic (exact) mass is 129 g/mol. The van der Waals surface area contributed by atoms with Gasteiger partial charge in [0.25, 0.3) is 0 Å². The third kappa shape index (κ3) is 1.43. The van der Waals surface area contributed by atoms with Gasteiger partial charge in [0.1, 0.15) is 0 Å². The topological polar surface area (TPSA) is 18.5 Å². The molecule has 0 saturated heterocycles. The molecule has 0 N–H and O–H groups in total. The summed E-state index contributed by atoms with van der Waals surface area (Å²) in [7, 11) is 1.71. The van der Waals surface area contributed by atoms with Crippen molar-refractivity contribution in [1.82, 2.24) is 0 Å². The lowest BCUT2D eigenvalue weighted by molar-refractivity contribution is -0.0763. The van der Waals surface area contributed by atoms with Gasteiger partial charge in [0.05, 0.1) is 12.2 Å². The molecule has 1 aliphatic rings. The van der Waals surface area contributed by atoms with Crippen LogP contribution >= 0.6 is 0 Å². The Morgan fingerprint density at radius 2 is 2.44 bits per heavy atom. The maximum Gasteiger partial charge on any atom is 0.0865 e. The first-order valence-corrected chi connectivity index (χ1v) is 3.36. The zero-order chi connectivity index (χ0) is 6.69. The number of methoxy groups -OCH3 is 1. The number of hydrogen-bond donors (Lipinski definition) is 0. The van der Waals surface area contributed by atoms with Crippen molar-refractivity contribution in [3.63, 3.8) is 0 Å². The van der Waals surface area contributed by atoms with Gasteiger partial charge in [-0.05, 0) is 19.8 Å². The first-order valence-electron chi connectivity index (χ1n) is 3.36. The number of ether oxygens (including phenoxy) is 2. The van der Waals surface area contributed by atoms with Crippen LogP contribution in [0.15, 0.2) is 0 Å². The minimum Gasteiger partial charge on any atom is -0.378 e. The number of hydrogen-bond acceptors (Lipinski definition) is 2. The molecule has 2 nitrogen and oxygen atoms in total. The summed E-state index contributed by atoms with van der Waals surface area (Å²) in [6.07, 6.45) is 3.76. The molecule has 0 amide bonds. The minimum absolute atomic E-state index is 0.255. The van der Waals surface area contributed by atoms with E-state index in [0.717, 1.165) is 13.0 Å². The SMILES string of the molecule is CCOC1C[CH]C1OC. The average Bonchev–Trinajstić information content (AvgIpc) is 1.82. The van der Waals surface area contributed by atoms with Crippen molar-refractivity contribution in [3.8, 4) is 0 Å². The van der Waals surface area contributed by atoms with Crippen molar-refractivity contribution in [1.29, 1.82) is 0 Å². The van der Waals surface area contributed by atoms with Crippen LogP contribution in [0.4, 0.5) is 0 Å². The van der Waals surface area contributed by atoms with Gasteiger partial charge in [-0.15, -0.1) is 0 Å². The van der Waals surface area contributed by atoms with Crippen LogP contribution < -0.4 is 0 Å². The Labute approximate surface area is 56.2 Å². The quantitative estimate of drug-likeness (QED) is 0.566. The van der Waals surface area contributed by atoms with Crippen LogP contribution in [0.1, 0.15) is 13.3 Å². The lowest BCUT2D eigenvalue weighted by Crippen LogP contribution is -2.41. The van der Waals surface area contributed by atoms with Crippen LogP contribution in [0, 0.1) is 6.42 Å². The fourth-order valence-electron chi connectivity index (χ4n) is 0.983. The average molecular weight is 129 g/mol. The molecule has 0 aromatic carbocycles. The summed E-state index contributed by atoms with van der Waals surface area (Å²) >= 11 is 0. The molecule has 1 radical (unpaired) electrons. The van der Waals surface area contributed by atoms with Crippen molar-refractivity contribution in [3.05, 3.63) is 6.42 Å². The molecule has 53 valence electrons. The van der Waals surface area contributed by atoms with Crippen LogP contribution in [0.5, 0.6) is 0 Å². The highest BCUT2D eigenvalue weighted by atomic mass is 16.5. The molecule has 1 aliphatic carbocycles. The Morgan fingerprint density at radius 1 is 1.67 bits per heavy atom. The lowest BCUT2D eigenvalue weighted by Gasteiger charge is -2.34. The molecule has 9 heavy (non-hydrogen) atoms. The van der Waals surface area contributed by atoms with Gasteiger partial charge >= 0.3 is 0 Å². The Balaban J connectivity index is 2.11. The summed E-state index contributed by atoms with van der Waals surface area (Å²) in [6.45, 7) is 2.80. The minimum atomic E-state index is 0.255. The van der Waals surface area contributed by atoms with Gasteiger partial charge in [-0.3, -0.25) is 0 Å². The van der Waals surface area contributed by atoms with Gasteiger partial charge in [0.2, 0.25) is 0 Å². The normalized spacial score (nSPS) is 34.0. The highest BCUT2D eigenvalue weighted by Crippen LogP contribution is 2.24. The number of rotatable bonds is 3. The predicted molar refractivity (Wildman–Crippen MR) is 35.1 cm³/mol. The van der Waals surface area contributed by atoms with E-state index >= 15 is 0 Å². The van der Waals surface area contributed by atoms with E-state index in [1.165, 1.54) is 0 Å². The largest absolute Gasteiger partial charge is 0.378 e. The van der Waals surface area contributed by atoms with Gasteiger partial charge in [-0.25, -0.2) is 0 Å². The molecule has 0 aliphatic heterocycles. The van der Waals surface area contributed by atoms with E-state index in [1.54, 1.807) is 7.11 Å². The van der Waals surface area contributed by atoms with Crippen molar-refractivity contribution in [2.75, 3.05) is 13.7 Å². The molecule has 0 bridgehead atoms. The van der Waals surface area contributed by atoms with Crippen molar-refractivity contribution in [2.45, 2.75) is 25.6 Å². The molecule has 1 saturated carbocycles. The van der Waals surface area contributed by atoms with Gasteiger partial charge in [0.15, 0.2) is 0 Å². The molecule has 0 heterocycles. The molecule has 1 fully saturated rings. The van der Waals surface area contributed by atoms with E-state index in [-0.39, 0.29) is 6.10 Å². The summed E-state index contributed by atoms with van der Waals surface area (Å²) in [5.74, 6) is 0. The van der Waals surface area contributed by atoms with E-state index in [9.17, 15) is 0 Å². The van der Waals surface area contributed by atoms with Crippen LogP contribution in [0.25, 0.3) is 0 Å². The third-order valence-electron chi connectivity index (χ3n) is 1.62. The Hall–Kier alpha value is -0.0800. The lowest BCUT2D eigenvalue weighted by atomic mass is 9.92. The summed E-state index contributed by atoms with van der Waals surface area (Å²) < 4.78 is 10.4. The zero-order valence-electron chi connectivity index (χ0n) is 5.96. The maximum atomic E-state index is 5.33. The van der Waals surface area contributed by atoms with Gasteiger partial charge in [-0.2, -0.15) is 0 Å². The zero-order valence-corrected chi connectivity index (χ0v) is 5.96. The first-order chi connectivity index (χ1) is 4.38. The molecule has 2 unspecified atom stereocenters. The van der Waals surface area contributed by atoms with Crippen LogP contribution in [0.3, 0.4) is 0 Å². The smallest absolute Gasteiger partial charge is 0.0865 e. The predicted octanol–water partition coefficient (Wildman–Crippen LogP) is 1.01. The fourth-order valence-corrected chi connectivity index (χ4v) is 0.983. The summed E-state index contributed by atoms with van der Waals surface area (Å²) in [6, 6.07) is 0. The molecule has 0 spiro atoms. The molecule has 2 heteroatoms. The van der Waals surface area contributed by atoms with E-state index in [0.29, 0.717) is 6.10 Å². The van der Waals surface area contributed by atoms with E-state index in [1.807, 2.05) is 6.92 Å². The Kier molecular flexibility index (Phi) is 2.49.